The number of nitrogens with two attached hydrogens (primary N) is 1. The number of fused-ring (bicyclic) bond motifs is 2. The van der Waals surface area contributed by atoms with Crippen molar-refractivity contribution in [1.29, 1.82) is 0 Å². The molecule has 1 aromatic carbocycles. The predicted octanol–water partition coefficient (Wildman–Crippen LogP) is 3.79. The van der Waals surface area contributed by atoms with Crippen molar-refractivity contribution in [2.75, 3.05) is 5.73 Å². The van der Waals surface area contributed by atoms with Crippen molar-refractivity contribution >= 4 is 33.0 Å². The molecule has 0 spiro atoms. The number of hydrogen-bond acceptors (Lipinski definition) is 4. The second-order valence-electron chi connectivity index (χ2n) is 5.43. The summed E-state index contributed by atoms with van der Waals surface area (Å²) in [4.78, 5) is 18.1. The number of nitrogens with zero attached hydrogens (tertiary/aromatic N) is 1. The molecule has 1 aliphatic rings. The van der Waals surface area contributed by atoms with E-state index in [1.54, 1.807) is 11.3 Å². The Bertz CT molecular complexity index is 839. The highest BCUT2D eigenvalue weighted by atomic mass is 32.1. The number of nitrogen functional groups attached to an aromatic ring is 1. The maximum Gasteiger partial charge on any atom is 0.167 e. The zero-order valence-electron chi connectivity index (χ0n) is 11.4. The van der Waals surface area contributed by atoms with Gasteiger partial charge >= 0.3 is 0 Å². The van der Waals surface area contributed by atoms with Gasteiger partial charge in [0.15, 0.2) is 5.78 Å². The Kier molecular flexibility index (Phi) is 2.79. The first kappa shape index (κ1) is 12.5. The van der Waals surface area contributed by atoms with Crippen LogP contribution >= 0.6 is 11.3 Å². The fourth-order valence-electron chi connectivity index (χ4n) is 3.11. The van der Waals surface area contributed by atoms with Crippen molar-refractivity contribution < 1.29 is 4.79 Å². The van der Waals surface area contributed by atoms with E-state index in [0.29, 0.717) is 17.7 Å². The van der Waals surface area contributed by atoms with Gasteiger partial charge in [0.2, 0.25) is 0 Å². The lowest BCUT2D eigenvalue weighted by Crippen LogP contribution is -2.21. The number of benzene rings is 1. The minimum Gasteiger partial charge on any atom is -0.398 e. The summed E-state index contributed by atoms with van der Waals surface area (Å²) in [7, 11) is 0. The first-order chi connectivity index (χ1) is 10.2. The quantitative estimate of drug-likeness (QED) is 0.743. The fraction of sp³-hybridized carbons (Fsp3) is 0.176. The first-order valence-corrected chi connectivity index (χ1v) is 7.85. The molecule has 1 atom stereocenters. The lowest BCUT2D eigenvalue weighted by molar-refractivity contribution is 0.0964. The molecule has 3 aromatic rings. The van der Waals surface area contributed by atoms with Gasteiger partial charge in [-0.2, -0.15) is 0 Å². The number of rotatable bonds is 1. The normalized spacial score (nSPS) is 17.9. The third kappa shape index (κ3) is 1.94. The molecule has 0 radical (unpaired) electrons. The molecule has 1 unspecified atom stereocenters. The van der Waals surface area contributed by atoms with E-state index >= 15 is 0 Å². The molecule has 0 saturated heterocycles. The van der Waals surface area contributed by atoms with E-state index in [2.05, 4.69) is 17.1 Å². The van der Waals surface area contributed by atoms with Crippen LogP contribution in [-0.2, 0) is 6.42 Å². The molecule has 0 bridgehead atoms. The van der Waals surface area contributed by atoms with Crippen molar-refractivity contribution in [3.63, 3.8) is 0 Å². The molecule has 104 valence electrons. The highest BCUT2D eigenvalue weighted by Crippen LogP contribution is 2.38. The van der Waals surface area contributed by atoms with Crippen LogP contribution in [0, 0.1) is 0 Å². The second-order valence-corrected chi connectivity index (χ2v) is 6.32. The number of carbonyl (C=O) groups excluding carboxylic acids is 1. The Morgan fingerprint density at radius 2 is 1.95 bits per heavy atom. The number of carbonyl (C=O) groups is 1. The number of ketones is 1. The Morgan fingerprint density at radius 1 is 1.14 bits per heavy atom. The molecule has 0 fully saturated rings. The minimum absolute atomic E-state index is 0.114. The van der Waals surface area contributed by atoms with Gasteiger partial charge in [0.05, 0.1) is 16.9 Å². The summed E-state index contributed by atoms with van der Waals surface area (Å²) in [6, 6.07) is 12.1. The molecule has 0 saturated carbocycles. The molecule has 2 aromatic heterocycles. The lowest BCUT2D eigenvalue weighted by atomic mass is 9.81. The monoisotopic (exact) mass is 294 g/mol. The van der Waals surface area contributed by atoms with Crippen LogP contribution in [0.15, 0.2) is 41.8 Å². The number of hydrogen-bond donors (Lipinski definition) is 1. The summed E-state index contributed by atoms with van der Waals surface area (Å²) in [6.45, 7) is 0. The molecule has 4 heteroatoms. The average molecular weight is 294 g/mol. The van der Waals surface area contributed by atoms with E-state index in [9.17, 15) is 4.79 Å². The van der Waals surface area contributed by atoms with Crippen molar-refractivity contribution in [1.82, 2.24) is 4.98 Å². The minimum atomic E-state index is 0.114. The zero-order chi connectivity index (χ0) is 14.4. The predicted molar refractivity (Wildman–Crippen MR) is 85.9 cm³/mol. The molecular weight excluding hydrogens is 280 g/mol. The third-order valence-corrected chi connectivity index (χ3v) is 4.96. The molecule has 0 amide bonds. The van der Waals surface area contributed by atoms with Crippen LogP contribution in [0.2, 0.25) is 0 Å². The standard InChI is InChI=1S/C17H14N2OS/c18-16-12-6-7-21-17(12)19-13-8-11(9-14(20)15(13)16)10-4-2-1-3-5-10/h1-7,11H,8-9H2,(H2,18,19). The smallest absolute Gasteiger partial charge is 0.167 e. The van der Waals surface area contributed by atoms with E-state index in [1.807, 2.05) is 29.6 Å². The van der Waals surface area contributed by atoms with Crippen molar-refractivity contribution in [3.05, 3.63) is 58.6 Å². The molecule has 1 aliphatic carbocycles. The van der Waals surface area contributed by atoms with Crippen LogP contribution in [0.1, 0.15) is 34.0 Å². The van der Waals surface area contributed by atoms with Gasteiger partial charge in [-0.1, -0.05) is 30.3 Å². The molecule has 4 rings (SSSR count). The van der Waals surface area contributed by atoms with Crippen LogP contribution in [0.5, 0.6) is 0 Å². The topological polar surface area (TPSA) is 56.0 Å². The number of anilines is 1. The average Bonchev–Trinajstić information content (AvgIpc) is 2.96. The summed E-state index contributed by atoms with van der Waals surface area (Å²) in [5.41, 5.74) is 9.51. The molecule has 2 heterocycles. The Morgan fingerprint density at radius 3 is 2.76 bits per heavy atom. The van der Waals surface area contributed by atoms with Gasteiger partial charge in [-0.3, -0.25) is 4.79 Å². The molecular formula is C17H14N2OS. The summed E-state index contributed by atoms with van der Waals surface area (Å²) in [5, 5.41) is 2.88. The van der Waals surface area contributed by atoms with Crippen LogP contribution in [-0.4, -0.2) is 10.8 Å². The Hall–Kier alpha value is -2.20. The third-order valence-electron chi connectivity index (χ3n) is 4.15. The molecule has 21 heavy (non-hydrogen) atoms. The van der Waals surface area contributed by atoms with Gasteiger partial charge in [0, 0.05) is 11.8 Å². The number of pyridine rings is 1. The van der Waals surface area contributed by atoms with Crippen LogP contribution in [0.4, 0.5) is 5.69 Å². The highest BCUT2D eigenvalue weighted by molar-refractivity contribution is 7.16. The molecule has 3 nitrogen and oxygen atoms in total. The van der Waals surface area contributed by atoms with Gasteiger partial charge in [0.1, 0.15) is 4.83 Å². The summed E-state index contributed by atoms with van der Waals surface area (Å²) in [6.07, 6.45) is 1.29. The van der Waals surface area contributed by atoms with Gasteiger partial charge in [-0.05, 0) is 29.3 Å². The number of thiophene rings is 1. The van der Waals surface area contributed by atoms with Crippen molar-refractivity contribution in [2.24, 2.45) is 0 Å². The van der Waals surface area contributed by atoms with Crippen LogP contribution < -0.4 is 5.73 Å². The summed E-state index contributed by atoms with van der Waals surface area (Å²) < 4.78 is 0. The largest absolute Gasteiger partial charge is 0.398 e. The lowest BCUT2D eigenvalue weighted by Gasteiger charge is -2.24. The van der Waals surface area contributed by atoms with Crippen molar-refractivity contribution in [3.8, 4) is 0 Å². The van der Waals surface area contributed by atoms with Gasteiger partial charge < -0.3 is 5.73 Å². The Labute approximate surface area is 126 Å². The Balaban J connectivity index is 1.85. The van der Waals surface area contributed by atoms with Gasteiger partial charge in [0.25, 0.3) is 0 Å². The summed E-state index contributed by atoms with van der Waals surface area (Å²) >= 11 is 1.57. The van der Waals surface area contributed by atoms with Gasteiger partial charge in [-0.15, -0.1) is 11.3 Å². The summed E-state index contributed by atoms with van der Waals surface area (Å²) in [5.74, 6) is 0.318. The van der Waals surface area contributed by atoms with Gasteiger partial charge in [-0.25, -0.2) is 4.98 Å². The SMILES string of the molecule is Nc1c2c(nc3sccc13)CC(c1ccccc1)CC2=O. The van der Waals surface area contributed by atoms with Crippen LogP contribution in [0.3, 0.4) is 0 Å². The highest BCUT2D eigenvalue weighted by Gasteiger charge is 2.30. The van der Waals surface area contributed by atoms with E-state index in [0.717, 1.165) is 22.3 Å². The maximum absolute atomic E-state index is 12.5. The maximum atomic E-state index is 12.5. The second kappa shape index (κ2) is 4.67. The van der Waals surface area contributed by atoms with E-state index in [4.69, 9.17) is 5.73 Å². The zero-order valence-corrected chi connectivity index (χ0v) is 12.2. The molecule has 0 aliphatic heterocycles. The number of Topliss-reactive ketones (excluding diaryl/α,β-unsaturated/α-hetero) is 1. The van der Waals surface area contributed by atoms with E-state index in [-0.39, 0.29) is 11.7 Å². The first-order valence-electron chi connectivity index (χ1n) is 6.97. The van der Waals surface area contributed by atoms with Crippen molar-refractivity contribution in [2.45, 2.75) is 18.8 Å². The fourth-order valence-corrected chi connectivity index (χ4v) is 3.91. The van der Waals surface area contributed by atoms with E-state index in [1.165, 1.54) is 5.56 Å². The van der Waals surface area contributed by atoms with E-state index < -0.39 is 0 Å². The number of aromatic nitrogens is 1. The van der Waals surface area contributed by atoms with Crippen LogP contribution in [0.25, 0.3) is 10.2 Å². The molecule has 2 N–H and O–H groups in total.